The molecule has 1 aliphatic rings. The monoisotopic (exact) mass is 376 g/mol. The molecule has 4 N–H and O–H groups in total. The molecule has 1 rings (SSSR count). The fourth-order valence-electron chi connectivity index (χ4n) is 2.71. The summed E-state index contributed by atoms with van der Waals surface area (Å²) >= 11 is 0. The topological polar surface area (TPSA) is 183 Å². The van der Waals surface area contributed by atoms with Crippen LogP contribution < -0.4 is 5.32 Å². The molecule has 12 nitrogen and oxygen atoms in total. The lowest BCUT2D eigenvalue weighted by atomic mass is 9.88. The Hall–Kier alpha value is -1.79. The number of methoxy groups -OCH3 is 2. The van der Waals surface area contributed by atoms with Gasteiger partial charge in [-0.25, -0.2) is 4.79 Å². The van der Waals surface area contributed by atoms with Gasteiger partial charge in [0, 0.05) is 18.4 Å². The van der Waals surface area contributed by atoms with Crippen molar-refractivity contribution in [3.05, 3.63) is 10.4 Å². The Labute approximate surface area is 149 Å². The summed E-state index contributed by atoms with van der Waals surface area (Å²) in [6, 6.07) is -1.01. The molecule has 1 saturated heterocycles. The van der Waals surface area contributed by atoms with Crippen LogP contribution in [0.25, 0.3) is 10.4 Å². The summed E-state index contributed by atoms with van der Waals surface area (Å²) in [6.45, 7) is 0.711. The maximum absolute atomic E-state index is 12.1. The molecule has 1 unspecified atom stereocenters. The van der Waals surface area contributed by atoms with Crippen molar-refractivity contribution in [2.75, 3.05) is 27.3 Å². The third kappa shape index (κ3) is 5.11. The Kier molecular flexibility index (Phi) is 8.37. The summed E-state index contributed by atoms with van der Waals surface area (Å²) in [5, 5.41) is 36.7. The summed E-state index contributed by atoms with van der Waals surface area (Å²) in [7, 11) is 2.26. The van der Waals surface area contributed by atoms with Crippen LogP contribution in [0.5, 0.6) is 0 Å². The molecule has 0 aromatic carbocycles. The van der Waals surface area contributed by atoms with E-state index in [0.29, 0.717) is 0 Å². The van der Waals surface area contributed by atoms with Crippen LogP contribution in [-0.4, -0.2) is 90.6 Å². The van der Waals surface area contributed by atoms with Crippen molar-refractivity contribution in [1.82, 2.24) is 5.32 Å². The van der Waals surface area contributed by atoms with Crippen LogP contribution in [0.15, 0.2) is 5.11 Å². The number of hydrogen-bond donors (Lipinski definition) is 4. The molecule has 0 saturated carbocycles. The zero-order chi connectivity index (χ0) is 19.9. The van der Waals surface area contributed by atoms with Crippen molar-refractivity contribution in [3.63, 3.8) is 0 Å². The van der Waals surface area contributed by atoms with E-state index in [9.17, 15) is 24.9 Å². The largest absolute Gasteiger partial charge is 0.465 e. The number of aliphatic hydroxyl groups excluding tert-OH is 3. The number of azide groups is 1. The molecule has 26 heavy (non-hydrogen) atoms. The first-order valence-electron chi connectivity index (χ1n) is 7.81. The number of aliphatic hydroxyl groups is 3. The van der Waals surface area contributed by atoms with Crippen LogP contribution in [0, 0.1) is 0 Å². The van der Waals surface area contributed by atoms with Gasteiger partial charge in [0.05, 0.1) is 38.4 Å². The summed E-state index contributed by atoms with van der Waals surface area (Å²) in [6.07, 6.45) is -6.20. The number of ether oxygens (including phenoxy) is 3. The number of rotatable bonds is 9. The zero-order valence-corrected chi connectivity index (χ0v) is 14.7. The van der Waals surface area contributed by atoms with Gasteiger partial charge in [0.15, 0.2) is 0 Å². The fraction of sp³-hybridized carbons (Fsp3) is 0.857. The Balaban J connectivity index is 3.15. The van der Waals surface area contributed by atoms with E-state index in [1.165, 1.54) is 6.92 Å². The summed E-state index contributed by atoms with van der Waals surface area (Å²) in [4.78, 5) is 25.8. The Bertz CT molecular complexity index is 555. The van der Waals surface area contributed by atoms with Gasteiger partial charge in [-0.05, 0) is 12.5 Å². The molecule has 0 radical (unpaired) electrons. The van der Waals surface area contributed by atoms with Gasteiger partial charge >= 0.3 is 5.97 Å². The molecule has 0 amide bonds. The molecule has 1 aliphatic heterocycles. The average Bonchev–Trinajstić information content (AvgIpc) is 2.62. The van der Waals surface area contributed by atoms with E-state index in [4.69, 9.17) is 15.0 Å². The van der Waals surface area contributed by atoms with Crippen molar-refractivity contribution in [2.24, 2.45) is 5.11 Å². The van der Waals surface area contributed by atoms with Gasteiger partial charge in [0.2, 0.25) is 0 Å². The number of esters is 1. The summed E-state index contributed by atoms with van der Waals surface area (Å²) in [5.74, 6) is -3.19. The lowest BCUT2D eigenvalue weighted by Crippen LogP contribution is -2.67. The summed E-state index contributed by atoms with van der Waals surface area (Å²) < 4.78 is 15.3. The van der Waals surface area contributed by atoms with E-state index in [-0.39, 0.29) is 18.7 Å². The number of nitrogens with zero attached hydrogens (tertiary/aromatic N) is 3. The molecular weight excluding hydrogens is 352 g/mol. The standard InChI is InChI=1S/C14H24N4O8/c1-7(19)5-16-10-8(20)4-14(25-3,13(23)24-2)26-12(10)11(22)9(21)6-17-18-15/h8-12,16,20-22H,4-6H2,1-3H3/t8-,9+,10+,11?,12+,14+/m0/s1. The second kappa shape index (κ2) is 9.78. The lowest BCUT2D eigenvalue weighted by molar-refractivity contribution is -0.304. The van der Waals surface area contributed by atoms with Crippen LogP contribution in [0.1, 0.15) is 13.3 Å². The van der Waals surface area contributed by atoms with Crippen molar-refractivity contribution in [3.8, 4) is 0 Å². The number of hydrogen-bond acceptors (Lipinski definition) is 10. The highest BCUT2D eigenvalue weighted by atomic mass is 16.7. The third-order valence-electron chi connectivity index (χ3n) is 4.05. The molecule has 0 bridgehead atoms. The molecule has 12 heteroatoms. The number of ketones is 1. The van der Waals surface area contributed by atoms with Gasteiger partial charge in [-0.1, -0.05) is 5.11 Å². The minimum absolute atomic E-state index is 0.140. The molecular formula is C14H24N4O8. The van der Waals surface area contributed by atoms with Gasteiger partial charge < -0.3 is 34.8 Å². The van der Waals surface area contributed by atoms with Crippen LogP contribution >= 0.6 is 0 Å². The van der Waals surface area contributed by atoms with Crippen LogP contribution in [0.2, 0.25) is 0 Å². The predicted molar refractivity (Wildman–Crippen MR) is 85.8 cm³/mol. The van der Waals surface area contributed by atoms with E-state index in [2.05, 4.69) is 20.1 Å². The summed E-state index contributed by atoms with van der Waals surface area (Å²) in [5.41, 5.74) is 8.34. The van der Waals surface area contributed by atoms with E-state index >= 15 is 0 Å². The highest BCUT2D eigenvalue weighted by Gasteiger charge is 2.55. The molecule has 1 heterocycles. The first-order chi connectivity index (χ1) is 12.2. The second-order valence-electron chi connectivity index (χ2n) is 5.88. The van der Waals surface area contributed by atoms with Gasteiger partial charge in [-0.15, -0.1) is 0 Å². The smallest absolute Gasteiger partial charge is 0.366 e. The second-order valence-corrected chi connectivity index (χ2v) is 5.88. The number of Topliss-reactive ketones (excluding diaryl/α,β-unsaturated/α-hetero) is 1. The zero-order valence-electron chi connectivity index (χ0n) is 14.7. The van der Waals surface area contributed by atoms with Gasteiger partial charge in [0.25, 0.3) is 5.79 Å². The number of nitrogens with one attached hydrogen (secondary N) is 1. The van der Waals surface area contributed by atoms with Crippen LogP contribution in [0.3, 0.4) is 0 Å². The van der Waals surface area contributed by atoms with Crippen molar-refractivity contribution in [1.29, 1.82) is 0 Å². The Morgan fingerprint density at radius 2 is 2.12 bits per heavy atom. The maximum atomic E-state index is 12.1. The Morgan fingerprint density at radius 3 is 2.62 bits per heavy atom. The molecule has 1 fully saturated rings. The average molecular weight is 376 g/mol. The normalized spacial score (nSPS) is 30.8. The maximum Gasteiger partial charge on any atom is 0.366 e. The van der Waals surface area contributed by atoms with Crippen molar-refractivity contribution in [2.45, 2.75) is 49.6 Å². The van der Waals surface area contributed by atoms with Crippen molar-refractivity contribution < 1.29 is 39.1 Å². The van der Waals surface area contributed by atoms with E-state index in [1.807, 2.05) is 0 Å². The predicted octanol–water partition coefficient (Wildman–Crippen LogP) is -1.77. The minimum Gasteiger partial charge on any atom is -0.465 e. The van der Waals surface area contributed by atoms with Crippen molar-refractivity contribution >= 4 is 11.8 Å². The Morgan fingerprint density at radius 1 is 1.46 bits per heavy atom. The lowest BCUT2D eigenvalue weighted by Gasteiger charge is -2.46. The van der Waals surface area contributed by atoms with E-state index < -0.39 is 48.8 Å². The quantitative estimate of drug-likeness (QED) is 0.156. The van der Waals surface area contributed by atoms with E-state index in [0.717, 1.165) is 14.2 Å². The molecule has 148 valence electrons. The molecule has 0 aromatic rings. The highest BCUT2D eigenvalue weighted by Crippen LogP contribution is 2.33. The molecule has 6 atom stereocenters. The number of carbonyl (C=O) groups excluding carboxylic acids is 2. The molecule has 0 aliphatic carbocycles. The van der Waals surface area contributed by atoms with E-state index in [1.54, 1.807) is 0 Å². The minimum atomic E-state index is -2.01. The van der Waals surface area contributed by atoms with Gasteiger partial charge in [-0.3, -0.25) is 4.79 Å². The van der Waals surface area contributed by atoms with Crippen LogP contribution in [-0.2, 0) is 23.8 Å². The third-order valence-corrected chi connectivity index (χ3v) is 4.05. The van der Waals surface area contributed by atoms with Gasteiger partial charge in [-0.2, -0.15) is 0 Å². The fourth-order valence-corrected chi connectivity index (χ4v) is 2.71. The van der Waals surface area contributed by atoms with Gasteiger partial charge in [0.1, 0.15) is 18.0 Å². The first-order valence-corrected chi connectivity index (χ1v) is 7.81. The SMILES string of the molecule is COC(=O)[C@@]1(OC)C[C@H](O)[C@@H](NCC(C)=O)[C@H](C(O)[C@H](O)CN=[N+]=[N-])O1. The first kappa shape index (κ1) is 22.3. The van der Waals surface area contributed by atoms with Crippen LogP contribution in [0.4, 0.5) is 0 Å². The highest BCUT2D eigenvalue weighted by molar-refractivity contribution is 5.78. The number of carbonyl (C=O) groups is 2. The molecule has 0 spiro atoms. The molecule has 0 aromatic heterocycles.